The molecule has 19 heavy (non-hydrogen) atoms. The normalized spacial score (nSPS) is 18.7. The Morgan fingerprint density at radius 3 is 2.37 bits per heavy atom. The Morgan fingerprint density at radius 1 is 1.16 bits per heavy atom. The van der Waals surface area contributed by atoms with E-state index in [1.165, 1.54) is 19.1 Å². The van der Waals surface area contributed by atoms with E-state index in [0.29, 0.717) is 12.8 Å². The van der Waals surface area contributed by atoms with Gasteiger partial charge < -0.3 is 4.74 Å². The number of esters is 1. The monoisotopic (exact) mass is 268 g/mol. The van der Waals surface area contributed by atoms with E-state index in [1.807, 2.05) is 0 Å². The molecule has 0 heterocycles. The number of carbonyl (C=O) groups is 1. The average molecular weight is 268 g/mol. The summed E-state index contributed by atoms with van der Waals surface area (Å²) in [4.78, 5) is 11.4. The topological polar surface area (TPSA) is 26.3 Å². The van der Waals surface area contributed by atoms with E-state index in [1.54, 1.807) is 0 Å². The Bertz CT molecular complexity index is 463. The molecule has 104 valence electrons. The van der Waals surface area contributed by atoms with Gasteiger partial charge in [0.05, 0.1) is 0 Å². The van der Waals surface area contributed by atoms with Crippen LogP contribution >= 0.6 is 0 Å². The fourth-order valence-electron chi connectivity index (χ4n) is 2.86. The Hall–Kier alpha value is -1.45. The van der Waals surface area contributed by atoms with Gasteiger partial charge in [0.25, 0.3) is 0 Å². The molecule has 0 unspecified atom stereocenters. The van der Waals surface area contributed by atoms with E-state index in [0.717, 1.165) is 31.7 Å². The lowest BCUT2D eigenvalue weighted by atomic mass is 9.85. The highest BCUT2D eigenvalue weighted by Crippen LogP contribution is 2.41. The summed E-state index contributed by atoms with van der Waals surface area (Å²) < 4.78 is 32.9. The third-order valence-corrected chi connectivity index (χ3v) is 3.69. The molecule has 1 aromatic carbocycles. The van der Waals surface area contributed by atoms with E-state index >= 15 is 0 Å². The van der Waals surface area contributed by atoms with Crippen LogP contribution in [0.1, 0.15) is 51.0 Å². The number of hydrogen-bond acceptors (Lipinski definition) is 2. The fraction of sp³-hybridized carbons (Fsp3) is 0.533. The second-order valence-corrected chi connectivity index (χ2v) is 5.10. The van der Waals surface area contributed by atoms with Crippen molar-refractivity contribution in [1.82, 2.24) is 0 Å². The van der Waals surface area contributed by atoms with Crippen molar-refractivity contribution < 1.29 is 18.3 Å². The van der Waals surface area contributed by atoms with Gasteiger partial charge in [-0.25, -0.2) is 8.78 Å². The lowest BCUT2D eigenvalue weighted by Crippen LogP contribution is -2.32. The summed E-state index contributed by atoms with van der Waals surface area (Å²) in [5.41, 5.74) is -0.835. The molecule has 0 N–H and O–H groups in total. The first-order valence-electron chi connectivity index (χ1n) is 6.69. The summed E-state index contributed by atoms with van der Waals surface area (Å²) in [6.45, 7) is 1.31. The molecular formula is C15H18F2O2. The van der Waals surface area contributed by atoms with Gasteiger partial charge in [0.1, 0.15) is 5.60 Å². The van der Waals surface area contributed by atoms with Crippen LogP contribution < -0.4 is 0 Å². The quantitative estimate of drug-likeness (QED) is 0.597. The molecule has 1 fully saturated rings. The highest BCUT2D eigenvalue weighted by Gasteiger charge is 2.38. The molecule has 4 heteroatoms. The zero-order valence-electron chi connectivity index (χ0n) is 11.0. The standard InChI is InChI=1S/C15H18F2O2/c1-11(18)19-15(9-4-2-3-5-10-15)12-7-6-8-13(16)14(12)17/h6-8H,2-5,9-10H2,1H3. The van der Waals surface area contributed by atoms with E-state index in [-0.39, 0.29) is 5.56 Å². The fourth-order valence-corrected chi connectivity index (χ4v) is 2.86. The van der Waals surface area contributed by atoms with Gasteiger partial charge in [-0.3, -0.25) is 4.79 Å². The minimum Gasteiger partial charge on any atom is -0.454 e. The summed E-state index contributed by atoms with van der Waals surface area (Å²) in [5, 5.41) is 0. The van der Waals surface area contributed by atoms with Gasteiger partial charge in [-0.15, -0.1) is 0 Å². The molecule has 0 atom stereocenters. The summed E-state index contributed by atoms with van der Waals surface area (Å²) in [6, 6.07) is 4.06. The van der Waals surface area contributed by atoms with Crippen LogP contribution in [-0.2, 0) is 15.1 Å². The summed E-state index contributed by atoms with van der Waals surface area (Å²) in [7, 11) is 0. The predicted octanol–water partition coefficient (Wildman–Crippen LogP) is 4.08. The van der Waals surface area contributed by atoms with Crippen LogP contribution in [0.25, 0.3) is 0 Å². The third kappa shape index (κ3) is 2.94. The first-order valence-corrected chi connectivity index (χ1v) is 6.69. The second-order valence-electron chi connectivity index (χ2n) is 5.10. The van der Waals surface area contributed by atoms with E-state index in [9.17, 15) is 13.6 Å². The molecule has 1 aliphatic rings. The van der Waals surface area contributed by atoms with Gasteiger partial charge >= 0.3 is 5.97 Å². The van der Waals surface area contributed by atoms with E-state index in [2.05, 4.69) is 0 Å². The first kappa shape index (κ1) is 14.0. The lowest BCUT2D eigenvalue weighted by Gasteiger charge is -2.33. The Kier molecular flexibility index (Phi) is 4.17. The maximum atomic E-state index is 14.0. The van der Waals surface area contributed by atoms with Crippen molar-refractivity contribution in [3.63, 3.8) is 0 Å². The molecule has 0 aliphatic heterocycles. The van der Waals surface area contributed by atoms with Crippen molar-refractivity contribution in [2.24, 2.45) is 0 Å². The van der Waals surface area contributed by atoms with Crippen LogP contribution in [0.3, 0.4) is 0 Å². The van der Waals surface area contributed by atoms with Gasteiger partial charge in [0, 0.05) is 12.5 Å². The van der Waals surface area contributed by atoms with Crippen molar-refractivity contribution in [1.29, 1.82) is 0 Å². The SMILES string of the molecule is CC(=O)OC1(c2cccc(F)c2F)CCCCCC1. The van der Waals surface area contributed by atoms with Crippen molar-refractivity contribution in [2.75, 3.05) is 0 Å². The molecule has 0 aromatic heterocycles. The predicted molar refractivity (Wildman–Crippen MR) is 67.5 cm³/mol. The van der Waals surface area contributed by atoms with Crippen molar-refractivity contribution in [2.45, 2.75) is 51.0 Å². The average Bonchev–Trinajstić information content (AvgIpc) is 2.58. The molecule has 1 aromatic rings. The maximum Gasteiger partial charge on any atom is 0.303 e. The van der Waals surface area contributed by atoms with Crippen molar-refractivity contribution in [3.05, 3.63) is 35.4 Å². The van der Waals surface area contributed by atoms with Gasteiger partial charge in [0.2, 0.25) is 0 Å². The number of hydrogen-bond donors (Lipinski definition) is 0. The van der Waals surface area contributed by atoms with Gasteiger partial charge in [-0.05, 0) is 31.7 Å². The summed E-state index contributed by atoms with van der Waals surface area (Å²) in [5.74, 6) is -2.25. The molecule has 2 nitrogen and oxygen atoms in total. The second kappa shape index (κ2) is 5.68. The molecular weight excluding hydrogens is 250 g/mol. The van der Waals surface area contributed by atoms with Gasteiger partial charge in [0.15, 0.2) is 11.6 Å². The highest BCUT2D eigenvalue weighted by atomic mass is 19.2. The van der Waals surface area contributed by atoms with E-state index in [4.69, 9.17) is 4.74 Å². The smallest absolute Gasteiger partial charge is 0.303 e. The van der Waals surface area contributed by atoms with Crippen LogP contribution in [0.5, 0.6) is 0 Å². The number of halogens is 2. The molecule has 2 rings (SSSR count). The highest BCUT2D eigenvalue weighted by molar-refractivity contribution is 5.67. The van der Waals surface area contributed by atoms with Crippen LogP contribution in [-0.4, -0.2) is 5.97 Å². The van der Waals surface area contributed by atoms with Crippen molar-refractivity contribution in [3.8, 4) is 0 Å². The minimum absolute atomic E-state index is 0.171. The first-order chi connectivity index (χ1) is 9.05. The lowest BCUT2D eigenvalue weighted by molar-refractivity contribution is -0.160. The molecule has 0 bridgehead atoms. The summed E-state index contributed by atoms with van der Waals surface area (Å²) >= 11 is 0. The number of carbonyl (C=O) groups excluding carboxylic acids is 1. The zero-order valence-corrected chi connectivity index (χ0v) is 11.0. The molecule has 1 aliphatic carbocycles. The van der Waals surface area contributed by atoms with Crippen LogP contribution in [0.15, 0.2) is 18.2 Å². The van der Waals surface area contributed by atoms with Gasteiger partial charge in [-0.2, -0.15) is 0 Å². The molecule has 0 radical (unpaired) electrons. The summed E-state index contributed by atoms with van der Waals surface area (Å²) in [6.07, 6.45) is 4.85. The van der Waals surface area contributed by atoms with Crippen LogP contribution in [0.4, 0.5) is 8.78 Å². The minimum atomic E-state index is -1.01. The third-order valence-electron chi connectivity index (χ3n) is 3.69. The number of rotatable bonds is 2. The number of benzene rings is 1. The Morgan fingerprint density at radius 2 is 1.79 bits per heavy atom. The molecule has 0 saturated heterocycles. The maximum absolute atomic E-state index is 14.0. The molecule has 1 saturated carbocycles. The molecule has 0 amide bonds. The van der Waals surface area contributed by atoms with E-state index < -0.39 is 23.2 Å². The Balaban J connectivity index is 2.46. The van der Waals surface area contributed by atoms with Crippen molar-refractivity contribution >= 4 is 5.97 Å². The largest absolute Gasteiger partial charge is 0.454 e. The van der Waals surface area contributed by atoms with Gasteiger partial charge in [-0.1, -0.05) is 25.0 Å². The van der Waals surface area contributed by atoms with Crippen LogP contribution in [0.2, 0.25) is 0 Å². The molecule has 0 spiro atoms. The number of ether oxygens (including phenoxy) is 1. The van der Waals surface area contributed by atoms with Crippen LogP contribution in [0, 0.1) is 11.6 Å². The zero-order chi connectivity index (χ0) is 13.9. The Labute approximate surface area is 111 Å².